The second-order valence-corrected chi connectivity index (χ2v) is 7.57. The number of nitrogens with zero attached hydrogens (tertiary/aromatic N) is 2. The van der Waals surface area contributed by atoms with Gasteiger partial charge in [0.1, 0.15) is 0 Å². The van der Waals surface area contributed by atoms with Crippen molar-refractivity contribution in [3.8, 4) is 0 Å². The molecule has 0 N–H and O–H groups in total. The van der Waals surface area contributed by atoms with Gasteiger partial charge in [-0.2, -0.15) is 0 Å². The van der Waals surface area contributed by atoms with Crippen LogP contribution in [-0.4, -0.2) is 22.2 Å². The van der Waals surface area contributed by atoms with E-state index in [0.717, 1.165) is 18.0 Å². The summed E-state index contributed by atoms with van der Waals surface area (Å²) in [6.45, 7) is 1.57. The fourth-order valence-corrected chi connectivity index (χ4v) is 4.41. The Morgan fingerprint density at radius 3 is 2.67 bits per heavy atom. The molecule has 0 amide bonds. The molecular formula is C11H9BrN2OS3. The number of thioether (sulfide) groups is 1. The third-order valence-electron chi connectivity index (χ3n) is 2.08. The lowest BCUT2D eigenvalue weighted by molar-refractivity contribution is 0.101. The van der Waals surface area contributed by atoms with E-state index in [0.29, 0.717) is 5.56 Å². The molecule has 2 aromatic rings. The Kier molecular flexibility index (Phi) is 4.83. The molecule has 0 aliphatic heterocycles. The van der Waals surface area contributed by atoms with E-state index in [4.69, 9.17) is 0 Å². The number of carbonyl (C=O) groups excluding carboxylic acids is 1. The number of hydrogen-bond donors (Lipinski definition) is 0. The molecule has 0 aliphatic rings. The van der Waals surface area contributed by atoms with Gasteiger partial charge in [-0.3, -0.25) is 4.79 Å². The Morgan fingerprint density at radius 2 is 2.06 bits per heavy atom. The van der Waals surface area contributed by atoms with Crippen LogP contribution in [0.3, 0.4) is 0 Å². The monoisotopic (exact) mass is 360 g/mol. The van der Waals surface area contributed by atoms with Crippen molar-refractivity contribution in [2.24, 2.45) is 0 Å². The van der Waals surface area contributed by atoms with Crippen LogP contribution in [0.15, 0.2) is 36.2 Å². The highest BCUT2D eigenvalue weighted by molar-refractivity contribution is 9.10. The van der Waals surface area contributed by atoms with E-state index in [1.54, 1.807) is 18.7 Å². The first-order valence-electron chi connectivity index (χ1n) is 4.96. The van der Waals surface area contributed by atoms with Crippen molar-refractivity contribution in [2.45, 2.75) is 20.5 Å². The Balaban J connectivity index is 2.32. The van der Waals surface area contributed by atoms with Gasteiger partial charge in [0.2, 0.25) is 0 Å². The zero-order valence-corrected chi connectivity index (χ0v) is 13.7. The molecule has 3 nitrogen and oxygen atoms in total. The first-order valence-corrected chi connectivity index (χ1v) is 8.61. The lowest BCUT2D eigenvalue weighted by Crippen LogP contribution is -1.94. The molecule has 0 saturated heterocycles. The molecule has 18 heavy (non-hydrogen) atoms. The topological polar surface area (TPSA) is 42.9 Å². The van der Waals surface area contributed by atoms with Gasteiger partial charge in [0.05, 0.1) is 0 Å². The van der Waals surface area contributed by atoms with Crippen molar-refractivity contribution in [2.75, 3.05) is 6.26 Å². The SMILES string of the molecule is CSc1nnc(Sc2cc(Br)ccc2C(C)=O)s1. The smallest absolute Gasteiger partial charge is 0.179 e. The van der Waals surface area contributed by atoms with Crippen LogP contribution in [0.1, 0.15) is 17.3 Å². The minimum absolute atomic E-state index is 0.0552. The van der Waals surface area contributed by atoms with Crippen molar-refractivity contribution in [1.82, 2.24) is 10.2 Å². The molecule has 1 aromatic carbocycles. The quantitative estimate of drug-likeness (QED) is 0.597. The van der Waals surface area contributed by atoms with Gasteiger partial charge in [0.25, 0.3) is 0 Å². The van der Waals surface area contributed by atoms with Crippen molar-refractivity contribution in [1.29, 1.82) is 0 Å². The molecule has 0 spiro atoms. The maximum absolute atomic E-state index is 11.6. The molecule has 0 unspecified atom stereocenters. The van der Waals surface area contributed by atoms with E-state index < -0.39 is 0 Å². The highest BCUT2D eigenvalue weighted by atomic mass is 79.9. The largest absolute Gasteiger partial charge is 0.294 e. The number of carbonyl (C=O) groups is 1. The predicted molar refractivity (Wildman–Crippen MR) is 80.0 cm³/mol. The van der Waals surface area contributed by atoms with Crippen molar-refractivity contribution in [3.05, 3.63) is 28.2 Å². The Bertz CT molecular complexity index is 585. The van der Waals surface area contributed by atoms with E-state index in [1.807, 2.05) is 24.5 Å². The van der Waals surface area contributed by atoms with E-state index in [2.05, 4.69) is 26.1 Å². The van der Waals surface area contributed by atoms with Crippen LogP contribution in [-0.2, 0) is 0 Å². The first-order chi connectivity index (χ1) is 8.60. The normalized spacial score (nSPS) is 10.6. The zero-order chi connectivity index (χ0) is 13.1. The second-order valence-electron chi connectivity index (χ2n) is 3.34. The predicted octanol–water partition coefficient (Wildman–Crippen LogP) is 4.38. The molecule has 2 rings (SSSR count). The molecule has 7 heteroatoms. The van der Waals surface area contributed by atoms with Crippen molar-refractivity contribution in [3.63, 3.8) is 0 Å². The molecule has 1 heterocycles. The summed E-state index contributed by atoms with van der Waals surface area (Å²) in [5.74, 6) is 0.0552. The number of benzene rings is 1. The van der Waals surface area contributed by atoms with Crippen LogP contribution in [0.2, 0.25) is 0 Å². The molecule has 0 saturated carbocycles. The van der Waals surface area contributed by atoms with Crippen LogP contribution in [0.4, 0.5) is 0 Å². The average molecular weight is 361 g/mol. The van der Waals surface area contributed by atoms with Crippen LogP contribution >= 0.6 is 50.8 Å². The number of rotatable bonds is 4. The summed E-state index contributed by atoms with van der Waals surface area (Å²) < 4.78 is 2.72. The van der Waals surface area contributed by atoms with Gasteiger partial charge < -0.3 is 0 Å². The summed E-state index contributed by atoms with van der Waals surface area (Å²) in [6.07, 6.45) is 1.97. The molecule has 0 fully saturated rings. The molecular weight excluding hydrogens is 352 g/mol. The van der Waals surface area contributed by atoms with Crippen molar-refractivity contribution < 1.29 is 4.79 Å². The minimum Gasteiger partial charge on any atom is -0.294 e. The third-order valence-corrected chi connectivity index (χ3v) is 5.58. The van der Waals surface area contributed by atoms with Crippen LogP contribution in [0.5, 0.6) is 0 Å². The Hall–Kier alpha value is -0.370. The molecule has 0 aliphatic carbocycles. The summed E-state index contributed by atoms with van der Waals surface area (Å²) in [5, 5.41) is 8.14. The highest BCUT2D eigenvalue weighted by Crippen LogP contribution is 2.36. The van der Waals surface area contributed by atoms with Gasteiger partial charge in [-0.1, -0.05) is 50.8 Å². The van der Waals surface area contributed by atoms with E-state index in [-0.39, 0.29) is 5.78 Å². The summed E-state index contributed by atoms with van der Waals surface area (Å²) >= 11 is 7.99. The van der Waals surface area contributed by atoms with Gasteiger partial charge in [-0.15, -0.1) is 10.2 Å². The Labute approximate surface area is 126 Å². The molecule has 0 atom stereocenters. The number of ketones is 1. The van der Waals surface area contributed by atoms with Crippen LogP contribution in [0.25, 0.3) is 0 Å². The highest BCUT2D eigenvalue weighted by Gasteiger charge is 2.12. The minimum atomic E-state index is 0.0552. The number of halogens is 1. The van der Waals surface area contributed by atoms with Gasteiger partial charge >= 0.3 is 0 Å². The first kappa shape index (κ1) is 14.0. The van der Waals surface area contributed by atoms with Gasteiger partial charge in [0.15, 0.2) is 14.5 Å². The Morgan fingerprint density at radius 1 is 1.33 bits per heavy atom. The van der Waals surface area contributed by atoms with E-state index in [1.165, 1.54) is 23.1 Å². The maximum atomic E-state index is 11.6. The van der Waals surface area contributed by atoms with Crippen LogP contribution in [0, 0.1) is 0 Å². The van der Waals surface area contributed by atoms with E-state index >= 15 is 0 Å². The molecule has 0 radical (unpaired) electrons. The zero-order valence-electron chi connectivity index (χ0n) is 9.64. The molecule has 1 aromatic heterocycles. The number of hydrogen-bond acceptors (Lipinski definition) is 6. The lowest BCUT2D eigenvalue weighted by atomic mass is 10.1. The summed E-state index contributed by atoms with van der Waals surface area (Å²) in [6, 6.07) is 5.63. The summed E-state index contributed by atoms with van der Waals surface area (Å²) in [7, 11) is 0. The fourth-order valence-electron chi connectivity index (χ4n) is 1.29. The van der Waals surface area contributed by atoms with Gasteiger partial charge in [0, 0.05) is 14.9 Å². The lowest BCUT2D eigenvalue weighted by Gasteiger charge is -2.04. The molecule has 94 valence electrons. The number of Topliss-reactive ketones (excluding diaryl/α,β-unsaturated/α-hetero) is 1. The summed E-state index contributed by atoms with van der Waals surface area (Å²) in [4.78, 5) is 12.5. The second kappa shape index (κ2) is 6.18. The maximum Gasteiger partial charge on any atom is 0.179 e. The molecule has 0 bridgehead atoms. The standard InChI is InChI=1S/C11H9BrN2OS3/c1-6(15)8-4-3-7(12)5-9(8)17-11-14-13-10(16-2)18-11/h3-5H,1-2H3. The third kappa shape index (κ3) is 3.34. The average Bonchev–Trinajstić information content (AvgIpc) is 2.76. The van der Waals surface area contributed by atoms with Gasteiger partial charge in [-0.25, -0.2) is 0 Å². The van der Waals surface area contributed by atoms with Crippen LogP contribution < -0.4 is 0 Å². The summed E-state index contributed by atoms with van der Waals surface area (Å²) in [5.41, 5.74) is 0.712. The fraction of sp³-hybridized carbons (Fsp3) is 0.182. The van der Waals surface area contributed by atoms with Gasteiger partial charge in [-0.05, 0) is 31.4 Å². The van der Waals surface area contributed by atoms with Crippen molar-refractivity contribution >= 4 is 56.6 Å². The number of aromatic nitrogens is 2. The van der Waals surface area contributed by atoms with E-state index in [9.17, 15) is 4.79 Å².